The molecule has 2 saturated heterocycles. The van der Waals surface area contributed by atoms with Crippen molar-refractivity contribution in [3.63, 3.8) is 0 Å². The van der Waals surface area contributed by atoms with Gasteiger partial charge < -0.3 is 56.9 Å². The lowest BCUT2D eigenvalue weighted by Gasteiger charge is -2.36. The van der Waals surface area contributed by atoms with Crippen LogP contribution >= 0.6 is 11.3 Å². The number of piperazine rings is 1. The molecule has 2 aliphatic heterocycles. The maximum absolute atomic E-state index is 14.4. The van der Waals surface area contributed by atoms with Crippen LogP contribution in [-0.2, 0) is 49.6 Å². The van der Waals surface area contributed by atoms with Crippen LogP contribution in [0, 0.1) is 5.92 Å². The Labute approximate surface area is 383 Å². The van der Waals surface area contributed by atoms with Crippen LogP contribution in [0.4, 0.5) is 5.69 Å². The third-order valence-corrected chi connectivity index (χ3v) is 12.2. The lowest BCUT2D eigenvalue weighted by molar-refractivity contribution is -0.143. The van der Waals surface area contributed by atoms with E-state index in [1.54, 1.807) is 55.8 Å². The van der Waals surface area contributed by atoms with Gasteiger partial charge in [0.15, 0.2) is 0 Å². The van der Waals surface area contributed by atoms with Crippen LogP contribution in [0.1, 0.15) is 56.0 Å². The number of carboxylic acid groups (broad SMARTS) is 2. The van der Waals surface area contributed by atoms with Crippen LogP contribution in [0.2, 0.25) is 0 Å². The monoisotopic (exact) mass is 927 g/mol. The van der Waals surface area contributed by atoms with E-state index in [1.165, 1.54) is 11.0 Å². The molecule has 4 aromatic rings. The lowest BCUT2D eigenvalue weighted by atomic mass is 10.00. The number of carbonyl (C=O) groups excluding carboxylic acids is 7. The van der Waals surface area contributed by atoms with Crippen molar-refractivity contribution in [3.05, 3.63) is 88.7 Å². The topological polar surface area (TPSA) is 289 Å². The maximum atomic E-state index is 14.4. The number of thiophene rings is 1. The first-order valence-corrected chi connectivity index (χ1v) is 22.4. The predicted octanol–water partition coefficient (Wildman–Crippen LogP) is 0.801. The average molecular weight is 928 g/mol. The fraction of sp³-hybridized carbons (Fsp3) is 0.400. The normalized spacial score (nSPS) is 22.8. The number of fused-ring (bicyclic) bond motifs is 1. The van der Waals surface area contributed by atoms with E-state index in [-0.39, 0.29) is 31.8 Å². The first-order chi connectivity index (χ1) is 31.6. The largest absolute Gasteiger partial charge is 0.481 e. The molecule has 0 spiro atoms. The molecule has 4 heterocycles. The van der Waals surface area contributed by atoms with Crippen LogP contribution in [0.3, 0.4) is 0 Å². The first-order valence-electron chi connectivity index (χ1n) is 21.5. The fourth-order valence-corrected chi connectivity index (χ4v) is 8.65. The van der Waals surface area contributed by atoms with Crippen LogP contribution < -0.4 is 36.8 Å². The van der Waals surface area contributed by atoms with E-state index in [9.17, 15) is 53.4 Å². The second-order valence-corrected chi connectivity index (χ2v) is 17.5. The summed E-state index contributed by atoms with van der Waals surface area (Å²) in [6.07, 6.45) is -1.20. The summed E-state index contributed by atoms with van der Waals surface area (Å²) >= 11 is 1.08. The Morgan fingerprint density at radius 1 is 0.621 bits per heavy atom. The molecule has 66 heavy (non-hydrogen) atoms. The molecular weight excluding hydrogens is 875 g/mol. The molecule has 0 unspecified atom stereocenters. The average Bonchev–Trinajstić information content (AvgIpc) is 3.97. The number of anilines is 1. The highest BCUT2D eigenvalue weighted by Gasteiger charge is 2.38. The van der Waals surface area contributed by atoms with Crippen LogP contribution in [-0.4, -0.2) is 130 Å². The van der Waals surface area contributed by atoms with E-state index < -0.39 is 109 Å². The van der Waals surface area contributed by atoms with Crippen molar-refractivity contribution in [1.29, 1.82) is 0 Å². The van der Waals surface area contributed by atoms with Crippen LogP contribution in [0.25, 0.3) is 10.9 Å². The number of rotatable bonds is 12. The Balaban J connectivity index is 1.36. The Bertz CT molecular complexity index is 2420. The number of amides is 7. The SMILES string of the molecule is CC(C)C[C@@H]1NC(=O)[C@@H](c2cccs2)NC(=O)[C@H](CC(=O)O)NC(=O)[C@H](CC(=O)N2CCN(c3ccccc3)CC2)NC(=O)[C@@H](CC(=O)O)NC(=O)[C@H](Cc2c[nH]c3ccccc23)NC1=O. The van der Waals surface area contributed by atoms with E-state index in [4.69, 9.17) is 0 Å². The lowest BCUT2D eigenvalue weighted by Crippen LogP contribution is -2.61. The quantitative estimate of drug-likeness (QED) is 0.0955. The predicted molar refractivity (Wildman–Crippen MR) is 241 cm³/mol. The van der Waals surface area contributed by atoms with Gasteiger partial charge in [-0.05, 0) is 47.5 Å². The molecule has 21 heteroatoms. The van der Waals surface area contributed by atoms with E-state index in [0.717, 1.165) is 22.5 Å². The molecule has 9 N–H and O–H groups in total. The van der Waals surface area contributed by atoms with Crippen LogP contribution in [0.5, 0.6) is 0 Å². The van der Waals surface area contributed by atoms with Gasteiger partial charge in [-0.25, -0.2) is 0 Å². The molecule has 7 amide bonds. The molecule has 6 rings (SSSR count). The van der Waals surface area contributed by atoms with E-state index in [1.807, 2.05) is 30.3 Å². The van der Waals surface area contributed by atoms with Gasteiger partial charge in [-0.3, -0.25) is 43.2 Å². The maximum Gasteiger partial charge on any atom is 0.305 e. The van der Waals surface area contributed by atoms with Crippen molar-refractivity contribution in [3.8, 4) is 0 Å². The smallest absolute Gasteiger partial charge is 0.305 e. The molecule has 2 aromatic carbocycles. The van der Waals surface area contributed by atoms with Gasteiger partial charge in [-0.1, -0.05) is 56.3 Å². The second kappa shape index (κ2) is 22.1. The number of aliphatic carboxylic acids is 2. The number of H-pyrrole nitrogens is 1. The zero-order valence-electron chi connectivity index (χ0n) is 36.3. The van der Waals surface area contributed by atoms with Crippen molar-refractivity contribution >= 4 is 81.2 Å². The number of benzene rings is 2. The Hall–Kier alpha value is -7.29. The van der Waals surface area contributed by atoms with Gasteiger partial charge >= 0.3 is 11.9 Å². The minimum atomic E-state index is -1.88. The number of aromatic amines is 1. The molecule has 2 fully saturated rings. The third-order valence-electron chi connectivity index (χ3n) is 11.2. The molecule has 2 aromatic heterocycles. The van der Waals surface area contributed by atoms with Gasteiger partial charge in [-0.2, -0.15) is 0 Å². The third kappa shape index (κ3) is 12.7. The van der Waals surface area contributed by atoms with Crippen molar-refractivity contribution in [2.75, 3.05) is 31.1 Å². The first kappa shape index (κ1) is 48.2. The molecule has 0 bridgehead atoms. The Morgan fingerprint density at radius 3 is 1.74 bits per heavy atom. The summed E-state index contributed by atoms with van der Waals surface area (Å²) in [5, 5.41) is 37.1. The molecule has 2 aliphatic rings. The zero-order valence-corrected chi connectivity index (χ0v) is 37.1. The van der Waals surface area contributed by atoms with Crippen molar-refractivity contribution < 1.29 is 53.4 Å². The Kier molecular flexibility index (Phi) is 16.1. The standard InChI is InChI=1S/C45H53N9O11S/c1-25(2)19-30-40(60)47-31(20-26-24-46-29-12-7-6-11-28(26)29)41(61)49-33(22-37(56)57)43(63)48-32(21-36(55)54-16-14-53(15-17-54)27-9-4-3-5-10-27)42(62)50-34(23-38(58)59)44(64)52-39(45(65)51-30)35-13-8-18-66-35/h3-13,18,24-25,30-34,39,46H,14-17,19-23H2,1-2H3,(H,47,60)(H,48,63)(H,49,61)(H,50,62)(H,51,65)(H,52,64)(H,56,57)(H,58,59)/t30-,31-,32-,33+,34-,39+/m0/s1. The number of aromatic nitrogens is 1. The zero-order chi connectivity index (χ0) is 47.5. The minimum Gasteiger partial charge on any atom is -0.481 e. The number of para-hydroxylation sites is 2. The minimum absolute atomic E-state index is 0.0503. The Morgan fingerprint density at radius 2 is 1.15 bits per heavy atom. The van der Waals surface area contributed by atoms with Gasteiger partial charge in [0.05, 0.1) is 19.3 Å². The number of nitrogens with one attached hydrogen (secondary N) is 7. The summed E-state index contributed by atoms with van der Waals surface area (Å²) in [6, 6.07) is 9.94. The highest BCUT2D eigenvalue weighted by atomic mass is 32.1. The van der Waals surface area contributed by atoms with E-state index >= 15 is 0 Å². The number of carboxylic acids is 2. The summed E-state index contributed by atoms with van der Waals surface area (Å²) in [4.78, 5) is 130. The van der Waals surface area contributed by atoms with Gasteiger partial charge in [0.1, 0.15) is 36.3 Å². The molecule has 20 nitrogen and oxygen atoms in total. The van der Waals surface area contributed by atoms with Gasteiger partial charge in [0.25, 0.3) is 0 Å². The van der Waals surface area contributed by atoms with Crippen molar-refractivity contribution in [1.82, 2.24) is 41.8 Å². The summed E-state index contributed by atoms with van der Waals surface area (Å²) in [6.45, 7) is 4.90. The molecule has 0 saturated carbocycles. The highest BCUT2D eigenvalue weighted by Crippen LogP contribution is 2.23. The van der Waals surface area contributed by atoms with Crippen molar-refractivity contribution in [2.24, 2.45) is 5.92 Å². The summed E-state index contributed by atoms with van der Waals surface area (Å²) < 4.78 is 0. The molecule has 0 aliphatic carbocycles. The molecule has 6 atom stereocenters. The fourth-order valence-electron chi connectivity index (χ4n) is 7.87. The van der Waals surface area contributed by atoms with Gasteiger partial charge in [0.2, 0.25) is 41.4 Å². The molecular formula is C45H53N9O11S. The summed E-state index contributed by atoms with van der Waals surface area (Å²) in [5.74, 6) is -10.0. The van der Waals surface area contributed by atoms with Gasteiger partial charge in [0, 0.05) is 60.3 Å². The molecule has 0 radical (unpaired) electrons. The van der Waals surface area contributed by atoms with Crippen molar-refractivity contribution in [2.45, 2.75) is 82.2 Å². The summed E-state index contributed by atoms with van der Waals surface area (Å²) in [7, 11) is 0. The molecule has 350 valence electrons. The number of hydrogen-bond donors (Lipinski definition) is 9. The van der Waals surface area contributed by atoms with Gasteiger partial charge in [-0.15, -0.1) is 11.3 Å². The second-order valence-electron chi connectivity index (χ2n) is 16.6. The van der Waals surface area contributed by atoms with E-state index in [2.05, 4.69) is 41.8 Å². The van der Waals surface area contributed by atoms with Crippen LogP contribution in [0.15, 0.2) is 78.3 Å². The number of nitrogens with zero attached hydrogens (tertiary/aromatic N) is 2. The van der Waals surface area contributed by atoms with E-state index in [0.29, 0.717) is 28.9 Å². The summed E-state index contributed by atoms with van der Waals surface area (Å²) in [5.41, 5.74) is 2.23. The number of carbonyl (C=O) groups is 9. The highest BCUT2D eigenvalue weighted by molar-refractivity contribution is 7.10. The number of hydrogen-bond acceptors (Lipinski definition) is 11.